The van der Waals surface area contributed by atoms with Crippen molar-refractivity contribution in [1.29, 1.82) is 0 Å². The number of carbonyl (C=O) groups is 1. The van der Waals surface area contributed by atoms with Gasteiger partial charge in [0.25, 0.3) is 5.78 Å². The van der Waals surface area contributed by atoms with Crippen LogP contribution < -0.4 is 0 Å². The molecule has 0 saturated carbocycles. The number of nitrogens with zero attached hydrogens (tertiary/aromatic N) is 7. The van der Waals surface area contributed by atoms with Crippen molar-refractivity contribution >= 4 is 34.7 Å². The van der Waals surface area contributed by atoms with E-state index in [4.69, 9.17) is 4.74 Å². The summed E-state index contributed by atoms with van der Waals surface area (Å²) in [5.74, 6) is -0.0246. The van der Waals surface area contributed by atoms with Gasteiger partial charge in [-0.05, 0) is 18.4 Å². The zero-order valence-corrected chi connectivity index (χ0v) is 14.3. The summed E-state index contributed by atoms with van der Waals surface area (Å²) in [5, 5.41) is 17.9. The van der Waals surface area contributed by atoms with Crippen LogP contribution in [0.25, 0.3) is 22.6 Å². The summed E-state index contributed by atoms with van der Waals surface area (Å²) in [6.45, 7) is 0. The van der Waals surface area contributed by atoms with Crippen molar-refractivity contribution in [2.45, 2.75) is 11.6 Å². The molecule has 0 aliphatic heterocycles. The molecule has 0 unspecified atom stereocenters. The van der Waals surface area contributed by atoms with Crippen molar-refractivity contribution in [2.75, 3.05) is 13.4 Å². The van der Waals surface area contributed by atoms with Gasteiger partial charge in [-0.2, -0.15) is 14.6 Å². The maximum absolute atomic E-state index is 11.7. The standard InChI is InChI=1S/C15H13N7O2S/c1-24-11(23)8-10-12-13(21(19-10)9-6-4-3-5-7-9)22-14(18-17-12)16-15(20-22)25-2/h3-7H,8H2,1-2H3. The number of para-hydroxylation sites is 1. The minimum atomic E-state index is -0.398. The van der Waals surface area contributed by atoms with Crippen LogP contribution in [-0.2, 0) is 16.0 Å². The molecule has 4 rings (SSSR count). The number of esters is 1. The average Bonchev–Trinajstić information content (AvgIpc) is 3.23. The molecule has 25 heavy (non-hydrogen) atoms. The first-order valence-corrected chi connectivity index (χ1v) is 8.61. The van der Waals surface area contributed by atoms with Crippen LogP contribution in [0.15, 0.2) is 35.5 Å². The molecule has 10 heteroatoms. The first kappa shape index (κ1) is 15.5. The zero-order valence-electron chi connectivity index (χ0n) is 13.4. The van der Waals surface area contributed by atoms with E-state index >= 15 is 0 Å². The number of carbonyl (C=O) groups excluding carboxylic acids is 1. The molecule has 9 nitrogen and oxygen atoms in total. The smallest absolute Gasteiger partial charge is 0.311 e. The van der Waals surface area contributed by atoms with E-state index in [-0.39, 0.29) is 6.42 Å². The maximum atomic E-state index is 11.7. The molecule has 0 radical (unpaired) electrons. The number of thioether (sulfide) groups is 1. The van der Waals surface area contributed by atoms with Crippen LogP contribution in [0.2, 0.25) is 0 Å². The lowest BCUT2D eigenvalue weighted by molar-refractivity contribution is -0.139. The van der Waals surface area contributed by atoms with Gasteiger partial charge in [0.05, 0.1) is 19.2 Å². The predicted octanol–water partition coefficient (Wildman–Crippen LogP) is 1.30. The molecular formula is C15H13N7O2S. The van der Waals surface area contributed by atoms with Gasteiger partial charge in [0.2, 0.25) is 5.16 Å². The fraction of sp³-hybridized carbons (Fsp3) is 0.200. The van der Waals surface area contributed by atoms with Crippen molar-refractivity contribution in [3.05, 3.63) is 36.0 Å². The first-order valence-electron chi connectivity index (χ1n) is 7.38. The Labute approximate surface area is 146 Å². The van der Waals surface area contributed by atoms with Crippen LogP contribution in [0.1, 0.15) is 5.69 Å². The highest BCUT2D eigenvalue weighted by Gasteiger charge is 2.21. The van der Waals surface area contributed by atoms with Gasteiger partial charge in [0, 0.05) is 0 Å². The Morgan fingerprint density at radius 3 is 2.72 bits per heavy atom. The van der Waals surface area contributed by atoms with Crippen molar-refractivity contribution in [2.24, 2.45) is 0 Å². The Morgan fingerprint density at radius 1 is 1.20 bits per heavy atom. The van der Waals surface area contributed by atoms with E-state index in [1.54, 1.807) is 9.20 Å². The monoisotopic (exact) mass is 355 g/mol. The molecule has 0 aliphatic rings. The lowest BCUT2D eigenvalue weighted by atomic mass is 10.3. The fourth-order valence-electron chi connectivity index (χ4n) is 2.49. The number of rotatable bonds is 4. The van der Waals surface area contributed by atoms with Gasteiger partial charge in [-0.1, -0.05) is 30.0 Å². The van der Waals surface area contributed by atoms with Gasteiger partial charge < -0.3 is 4.74 Å². The van der Waals surface area contributed by atoms with E-state index in [1.807, 2.05) is 36.6 Å². The molecule has 0 spiro atoms. The molecule has 3 aromatic heterocycles. The summed E-state index contributed by atoms with van der Waals surface area (Å²) in [4.78, 5) is 16.0. The van der Waals surface area contributed by atoms with Crippen LogP contribution in [0.3, 0.4) is 0 Å². The topological polar surface area (TPSA) is 100 Å². The second kappa shape index (κ2) is 6.13. The Morgan fingerprint density at radius 2 is 2.00 bits per heavy atom. The van der Waals surface area contributed by atoms with E-state index < -0.39 is 5.97 Å². The molecule has 3 heterocycles. The zero-order chi connectivity index (χ0) is 17.4. The summed E-state index contributed by atoms with van der Waals surface area (Å²) in [6, 6.07) is 9.55. The summed E-state index contributed by atoms with van der Waals surface area (Å²) in [5.41, 5.74) is 2.38. The van der Waals surface area contributed by atoms with Crippen LogP contribution in [0.5, 0.6) is 0 Å². The molecule has 0 atom stereocenters. The second-order valence-electron chi connectivity index (χ2n) is 5.13. The van der Waals surface area contributed by atoms with Gasteiger partial charge >= 0.3 is 5.97 Å². The highest BCUT2D eigenvalue weighted by atomic mass is 32.2. The number of aromatic nitrogens is 7. The minimum Gasteiger partial charge on any atom is -0.469 e. The quantitative estimate of drug-likeness (QED) is 0.399. The van der Waals surface area contributed by atoms with Gasteiger partial charge in [0.15, 0.2) is 11.2 Å². The number of benzene rings is 1. The van der Waals surface area contributed by atoms with Gasteiger partial charge in [0.1, 0.15) is 5.69 Å². The number of methoxy groups -OCH3 is 1. The van der Waals surface area contributed by atoms with Gasteiger partial charge in [-0.15, -0.1) is 15.3 Å². The molecule has 0 saturated heterocycles. The summed E-state index contributed by atoms with van der Waals surface area (Å²) >= 11 is 1.41. The highest BCUT2D eigenvalue weighted by molar-refractivity contribution is 7.98. The molecule has 0 aliphatic carbocycles. The Hall–Kier alpha value is -3.01. The van der Waals surface area contributed by atoms with Gasteiger partial charge in [-0.3, -0.25) is 4.79 Å². The van der Waals surface area contributed by atoms with Gasteiger partial charge in [-0.25, -0.2) is 4.68 Å². The third-order valence-electron chi connectivity index (χ3n) is 3.64. The largest absolute Gasteiger partial charge is 0.469 e. The second-order valence-corrected chi connectivity index (χ2v) is 5.90. The summed E-state index contributed by atoms with van der Waals surface area (Å²) in [6.07, 6.45) is 1.88. The lowest BCUT2D eigenvalue weighted by Gasteiger charge is -2.02. The normalized spacial score (nSPS) is 11.3. The Bertz CT molecular complexity index is 1070. The van der Waals surface area contributed by atoms with Crippen LogP contribution in [-0.4, -0.2) is 53.9 Å². The molecule has 0 N–H and O–H groups in total. The number of fused-ring (bicyclic) bond motifs is 3. The SMILES string of the molecule is COC(=O)Cc1nn(-c2ccccc2)c2c1nnc1nc(SC)nn12. The van der Waals surface area contributed by atoms with Crippen molar-refractivity contribution in [3.63, 3.8) is 0 Å². The van der Waals surface area contributed by atoms with E-state index in [2.05, 4.69) is 25.4 Å². The minimum absolute atomic E-state index is 0.00287. The molecule has 0 fully saturated rings. The first-order chi connectivity index (χ1) is 12.2. The highest BCUT2D eigenvalue weighted by Crippen LogP contribution is 2.22. The average molecular weight is 355 g/mol. The fourth-order valence-corrected chi connectivity index (χ4v) is 2.82. The number of hydrogen-bond donors (Lipinski definition) is 0. The van der Waals surface area contributed by atoms with E-state index in [0.29, 0.717) is 27.8 Å². The number of hydrogen-bond acceptors (Lipinski definition) is 8. The Balaban J connectivity index is 2.04. The predicted molar refractivity (Wildman–Crippen MR) is 90.7 cm³/mol. The van der Waals surface area contributed by atoms with E-state index in [9.17, 15) is 4.79 Å². The van der Waals surface area contributed by atoms with Crippen molar-refractivity contribution in [1.82, 2.24) is 34.6 Å². The lowest BCUT2D eigenvalue weighted by Crippen LogP contribution is -2.06. The summed E-state index contributed by atoms with van der Waals surface area (Å²) in [7, 11) is 1.34. The third kappa shape index (κ3) is 2.60. The Kier molecular flexibility index (Phi) is 3.80. The molecule has 0 bridgehead atoms. The summed E-state index contributed by atoms with van der Waals surface area (Å²) < 4.78 is 8.03. The molecule has 126 valence electrons. The maximum Gasteiger partial charge on any atom is 0.311 e. The molecule has 4 aromatic rings. The van der Waals surface area contributed by atoms with E-state index in [0.717, 1.165) is 5.69 Å². The molecule has 1 aromatic carbocycles. The van der Waals surface area contributed by atoms with Crippen LogP contribution in [0.4, 0.5) is 0 Å². The third-order valence-corrected chi connectivity index (χ3v) is 4.18. The van der Waals surface area contributed by atoms with Crippen molar-refractivity contribution in [3.8, 4) is 5.69 Å². The number of ether oxygens (including phenoxy) is 1. The molecular weight excluding hydrogens is 342 g/mol. The van der Waals surface area contributed by atoms with Crippen molar-refractivity contribution < 1.29 is 9.53 Å². The van der Waals surface area contributed by atoms with E-state index in [1.165, 1.54) is 18.9 Å². The molecule has 0 amide bonds. The van der Waals surface area contributed by atoms with Crippen LogP contribution >= 0.6 is 11.8 Å². The van der Waals surface area contributed by atoms with Crippen LogP contribution in [0, 0.1) is 0 Å².